The fourth-order valence-electron chi connectivity index (χ4n) is 1.95. The summed E-state index contributed by atoms with van der Waals surface area (Å²) < 4.78 is 27.6. The number of ether oxygens (including phenoxy) is 1. The summed E-state index contributed by atoms with van der Waals surface area (Å²) in [6, 6.07) is 0.396. The largest absolute Gasteiger partial charge is 0.385 e. The number of hydrogen-bond donors (Lipinski definition) is 1. The molecule has 1 N–H and O–H groups in total. The lowest BCUT2D eigenvalue weighted by Gasteiger charge is -2.32. The van der Waals surface area contributed by atoms with Gasteiger partial charge in [-0.05, 0) is 19.9 Å². The van der Waals surface area contributed by atoms with E-state index in [2.05, 4.69) is 17.1 Å². The maximum atomic E-state index is 11.3. The highest BCUT2D eigenvalue weighted by molar-refractivity contribution is 7.91. The first-order chi connectivity index (χ1) is 8.05. The van der Waals surface area contributed by atoms with E-state index in [1.165, 1.54) is 0 Å². The van der Waals surface area contributed by atoms with Gasteiger partial charge in [0.25, 0.3) is 0 Å². The Morgan fingerprint density at radius 2 is 2.00 bits per heavy atom. The monoisotopic (exact) mass is 264 g/mol. The van der Waals surface area contributed by atoms with Crippen molar-refractivity contribution in [3.63, 3.8) is 0 Å². The fraction of sp³-hybridized carbons (Fsp3) is 1.00. The van der Waals surface area contributed by atoms with Gasteiger partial charge in [0.1, 0.15) is 0 Å². The third-order valence-electron chi connectivity index (χ3n) is 3.14. The molecular formula is C11H24N2O3S. The topological polar surface area (TPSA) is 58.6 Å². The van der Waals surface area contributed by atoms with Crippen LogP contribution in [0.4, 0.5) is 0 Å². The Labute approximate surface area is 104 Å². The van der Waals surface area contributed by atoms with E-state index in [1.54, 1.807) is 7.11 Å². The molecule has 1 saturated heterocycles. The summed E-state index contributed by atoms with van der Waals surface area (Å²) in [6.07, 6.45) is 1.01. The van der Waals surface area contributed by atoms with Gasteiger partial charge in [-0.1, -0.05) is 0 Å². The fourth-order valence-corrected chi connectivity index (χ4v) is 3.18. The number of nitrogens with one attached hydrogen (secondary N) is 1. The molecule has 6 heteroatoms. The third kappa shape index (κ3) is 5.81. The van der Waals surface area contributed by atoms with Gasteiger partial charge in [0.15, 0.2) is 9.84 Å². The lowest BCUT2D eigenvalue weighted by molar-refractivity contribution is 0.190. The molecule has 5 nitrogen and oxygen atoms in total. The van der Waals surface area contributed by atoms with Crippen molar-refractivity contribution >= 4 is 9.84 Å². The zero-order chi connectivity index (χ0) is 12.7. The van der Waals surface area contributed by atoms with Crippen molar-refractivity contribution < 1.29 is 13.2 Å². The summed E-state index contributed by atoms with van der Waals surface area (Å²) in [5.41, 5.74) is 0. The predicted octanol–water partition coefficient (Wildman–Crippen LogP) is -0.269. The highest BCUT2D eigenvalue weighted by atomic mass is 32.2. The average Bonchev–Trinajstić information content (AvgIpc) is 2.28. The second-order valence-corrected chi connectivity index (χ2v) is 6.89. The molecule has 1 fully saturated rings. The Morgan fingerprint density at radius 3 is 2.59 bits per heavy atom. The first-order valence-corrected chi connectivity index (χ1v) is 8.01. The minimum Gasteiger partial charge on any atom is -0.385 e. The molecule has 1 heterocycles. The molecule has 1 unspecified atom stereocenters. The first-order valence-electron chi connectivity index (χ1n) is 6.19. The molecule has 1 rings (SSSR count). The van der Waals surface area contributed by atoms with Crippen molar-refractivity contribution in [3.05, 3.63) is 0 Å². The van der Waals surface area contributed by atoms with E-state index in [9.17, 15) is 8.42 Å². The lowest BCUT2D eigenvalue weighted by atomic mass is 10.2. The van der Waals surface area contributed by atoms with Crippen LogP contribution in [-0.4, -0.2) is 70.8 Å². The molecule has 0 saturated carbocycles. The molecule has 0 bridgehead atoms. The maximum Gasteiger partial charge on any atom is 0.152 e. The van der Waals surface area contributed by atoms with E-state index in [-0.39, 0.29) is 0 Å². The smallest absolute Gasteiger partial charge is 0.152 e. The quantitative estimate of drug-likeness (QED) is 0.642. The molecule has 0 aromatic heterocycles. The summed E-state index contributed by atoms with van der Waals surface area (Å²) in [7, 11) is -1.06. The van der Waals surface area contributed by atoms with Gasteiger partial charge in [-0.25, -0.2) is 8.42 Å². The molecular weight excluding hydrogens is 240 g/mol. The number of hydrogen-bond acceptors (Lipinski definition) is 5. The first kappa shape index (κ1) is 14.9. The second kappa shape index (κ2) is 7.31. The standard InChI is InChI=1S/C11H24N2O3S/c1-11(10-12-4-3-7-16-2)13-5-8-17(14,15)9-6-13/h11-12H,3-10H2,1-2H3. The normalized spacial score (nSPS) is 22.5. The van der Waals surface area contributed by atoms with E-state index in [0.29, 0.717) is 30.6 Å². The number of sulfone groups is 1. The molecule has 102 valence electrons. The molecule has 17 heavy (non-hydrogen) atoms. The van der Waals surface area contributed by atoms with Crippen LogP contribution in [0, 0.1) is 0 Å². The van der Waals surface area contributed by atoms with Crippen molar-refractivity contribution in [3.8, 4) is 0 Å². The zero-order valence-corrected chi connectivity index (χ0v) is 11.6. The molecule has 0 aromatic rings. The lowest BCUT2D eigenvalue weighted by Crippen LogP contribution is -2.48. The zero-order valence-electron chi connectivity index (χ0n) is 10.8. The van der Waals surface area contributed by atoms with Crippen LogP contribution in [0.5, 0.6) is 0 Å². The molecule has 0 aromatic carbocycles. The predicted molar refractivity (Wildman–Crippen MR) is 69.1 cm³/mol. The molecule has 0 spiro atoms. The van der Waals surface area contributed by atoms with E-state index in [4.69, 9.17) is 4.74 Å². The van der Waals surface area contributed by atoms with Crippen LogP contribution in [0.1, 0.15) is 13.3 Å². The van der Waals surface area contributed by atoms with Crippen molar-refractivity contribution in [2.24, 2.45) is 0 Å². The number of methoxy groups -OCH3 is 1. The minimum atomic E-state index is -2.76. The number of rotatable bonds is 7. The van der Waals surface area contributed by atoms with Crippen LogP contribution in [0.15, 0.2) is 0 Å². The van der Waals surface area contributed by atoms with Gasteiger partial charge in [0, 0.05) is 39.4 Å². The SMILES string of the molecule is COCCCNCC(C)N1CCS(=O)(=O)CC1. The average molecular weight is 264 g/mol. The Hall–Kier alpha value is -0.170. The molecule has 1 aliphatic heterocycles. The molecule has 0 amide bonds. The summed E-state index contributed by atoms with van der Waals surface area (Å²) in [5.74, 6) is 0.613. The van der Waals surface area contributed by atoms with Crippen LogP contribution < -0.4 is 5.32 Å². The van der Waals surface area contributed by atoms with Gasteiger partial charge in [0.05, 0.1) is 11.5 Å². The van der Waals surface area contributed by atoms with E-state index in [0.717, 1.165) is 26.1 Å². The van der Waals surface area contributed by atoms with Gasteiger partial charge < -0.3 is 10.1 Å². The Morgan fingerprint density at radius 1 is 1.35 bits per heavy atom. The van der Waals surface area contributed by atoms with Gasteiger partial charge >= 0.3 is 0 Å². The summed E-state index contributed by atoms with van der Waals surface area (Å²) in [5, 5.41) is 3.37. The van der Waals surface area contributed by atoms with Gasteiger partial charge in [0.2, 0.25) is 0 Å². The maximum absolute atomic E-state index is 11.3. The van der Waals surface area contributed by atoms with E-state index >= 15 is 0 Å². The Bertz CT molecular complexity index is 292. The Balaban J connectivity index is 2.14. The Kier molecular flexibility index (Phi) is 6.40. The minimum absolute atomic E-state index is 0.307. The van der Waals surface area contributed by atoms with Crippen LogP contribution in [0.25, 0.3) is 0 Å². The summed E-state index contributed by atoms with van der Waals surface area (Å²) in [6.45, 7) is 6.12. The van der Waals surface area contributed by atoms with E-state index in [1.807, 2.05) is 0 Å². The van der Waals surface area contributed by atoms with Gasteiger partial charge in [-0.15, -0.1) is 0 Å². The molecule has 0 radical (unpaired) electrons. The summed E-state index contributed by atoms with van der Waals surface area (Å²) in [4.78, 5) is 2.24. The van der Waals surface area contributed by atoms with E-state index < -0.39 is 9.84 Å². The van der Waals surface area contributed by atoms with Crippen LogP contribution >= 0.6 is 0 Å². The highest BCUT2D eigenvalue weighted by Gasteiger charge is 2.24. The van der Waals surface area contributed by atoms with Gasteiger partial charge in [-0.2, -0.15) is 0 Å². The third-order valence-corrected chi connectivity index (χ3v) is 4.75. The van der Waals surface area contributed by atoms with Crippen LogP contribution in [0.3, 0.4) is 0 Å². The van der Waals surface area contributed by atoms with Gasteiger partial charge in [-0.3, -0.25) is 4.90 Å². The molecule has 1 aliphatic rings. The highest BCUT2D eigenvalue weighted by Crippen LogP contribution is 2.07. The second-order valence-electron chi connectivity index (χ2n) is 4.59. The summed E-state index contributed by atoms with van der Waals surface area (Å²) >= 11 is 0. The molecule has 0 aliphatic carbocycles. The van der Waals surface area contributed by atoms with Crippen LogP contribution in [0.2, 0.25) is 0 Å². The van der Waals surface area contributed by atoms with Crippen molar-refractivity contribution in [2.45, 2.75) is 19.4 Å². The number of nitrogens with zero attached hydrogens (tertiary/aromatic N) is 1. The van der Waals surface area contributed by atoms with Crippen molar-refractivity contribution in [1.29, 1.82) is 0 Å². The van der Waals surface area contributed by atoms with Crippen molar-refractivity contribution in [1.82, 2.24) is 10.2 Å². The molecule has 1 atom stereocenters. The van der Waals surface area contributed by atoms with Crippen molar-refractivity contribution in [2.75, 3.05) is 51.4 Å². The van der Waals surface area contributed by atoms with Crippen LogP contribution in [-0.2, 0) is 14.6 Å².